The molecule has 0 aliphatic heterocycles. The highest BCUT2D eigenvalue weighted by Gasteiger charge is 2.10. The van der Waals surface area contributed by atoms with Crippen molar-refractivity contribution in [1.29, 1.82) is 0 Å². The van der Waals surface area contributed by atoms with Crippen molar-refractivity contribution >= 4 is 16.9 Å². The van der Waals surface area contributed by atoms with Gasteiger partial charge in [-0.15, -0.1) is 0 Å². The highest BCUT2D eigenvalue weighted by Crippen LogP contribution is 2.26. The van der Waals surface area contributed by atoms with Crippen molar-refractivity contribution in [2.75, 3.05) is 7.11 Å². The summed E-state index contributed by atoms with van der Waals surface area (Å²) in [6, 6.07) is 10.6. The number of rotatable bonds is 2. The Morgan fingerprint density at radius 3 is 2.57 bits per heavy atom. The second kappa shape index (κ2) is 5.01. The molecule has 5 heteroatoms. The van der Waals surface area contributed by atoms with E-state index in [1.807, 2.05) is 6.07 Å². The number of ether oxygens (including phenoxy) is 1. The van der Waals surface area contributed by atoms with E-state index in [4.69, 9.17) is 0 Å². The Kier molecular flexibility index (Phi) is 3.17. The summed E-state index contributed by atoms with van der Waals surface area (Å²) in [5.74, 6) is -2.22. The van der Waals surface area contributed by atoms with Gasteiger partial charge in [0.2, 0.25) is 0 Å². The van der Waals surface area contributed by atoms with Crippen molar-refractivity contribution in [2.24, 2.45) is 0 Å². The first kappa shape index (κ1) is 13.3. The number of esters is 1. The fraction of sp³-hybridized carbons (Fsp3) is 0.0625. The molecule has 3 nitrogen and oxygen atoms in total. The van der Waals surface area contributed by atoms with E-state index in [0.717, 1.165) is 23.0 Å². The van der Waals surface area contributed by atoms with Crippen LogP contribution in [-0.2, 0) is 4.74 Å². The van der Waals surface area contributed by atoms with Crippen LogP contribution in [0.4, 0.5) is 8.78 Å². The number of fused-ring (bicyclic) bond motifs is 1. The van der Waals surface area contributed by atoms with Crippen molar-refractivity contribution in [1.82, 2.24) is 4.98 Å². The third kappa shape index (κ3) is 2.38. The van der Waals surface area contributed by atoms with Gasteiger partial charge in [-0.05, 0) is 36.4 Å². The topological polar surface area (TPSA) is 42.1 Å². The molecular weight excluding hydrogens is 276 g/mol. The van der Waals surface area contributed by atoms with E-state index >= 15 is 0 Å². The molecule has 0 aliphatic rings. The standard InChI is InChI=1S/C16H11F2NO2/c1-21-16(20)11-3-2-10-7-14(19-15(10)8-11)9-4-5-12(17)13(18)6-9/h2-8,19H,1H3. The molecule has 0 aliphatic carbocycles. The van der Waals surface area contributed by atoms with Gasteiger partial charge in [-0.3, -0.25) is 0 Å². The zero-order chi connectivity index (χ0) is 15.0. The van der Waals surface area contributed by atoms with Gasteiger partial charge in [-0.1, -0.05) is 6.07 Å². The molecule has 1 heterocycles. The Hall–Kier alpha value is -2.69. The quantitative estimate of drug-likeness (QED) is 0.726. The lowest BCUT2D eigenvalue weighted by molar-refractivity contribution is 0.0601. The highest BCUT2D eigenvalue weighted by molar-refractivity contribution is 5.95. The van der Waals surface area contributed by atoms with E-state index in [1.54, 1.807) is 18.2 Å². The second-order valence-electron chi connectivity index (χ2n) is 4.61. The van der Waals surface area contributed by atoms with Gasteiger partial charge in [-0.2, -0.15) is 0 Å². The van der Waals surface area contributed by atoms with Crippen molar-refractivity contribution in [3.05, 3.63) is 59.7 Å². The number of aromatic nitrogens is 1. The Morgan fingerprint density at radius 1 is 1.05 bits per heavy atom. The molecule has 2 aromatic carbocycles. The zero-order valence-corrected chi connectivity index (χ0v) is 11.1. The maximum Gasteiger partial charge on any atom is 0.337 e. The van der Waals surface area contributed by atoms with E-state index < -0.39 is 17.6 Å². The Labute approximate surface area is 119 Å². The minimum Gasteiger partial charge on any atom is -0.465 e. The lowest BCUT2D eigenvalue weighted by Crippen LogP contribution is -2.00. The molecule has 0 spiro atoms. The molecule has 0 unspecified atom stereocenters. The van der Waals surface area contributed by atoms with Crippen LogP contribution in [0.3, 0.4) is 0 Å². The molecule has 0 saturated carbocycles. The van der Waals surface area contributed by atoms with Crippen LogP contribution in [-0.4, -0.2) is 18.1 Å². The average molecular weight is 287 g/mol. The van der Waals surface area contributed by atoms with Gasteiger partial charge in [-0.25, -0.2) is 13.6 Å². The normalized spacial score (nSPS) is 10.8. The molecule has 0 bridgehead atoms. The predicted molar refractivity (Wildman–Crippen MR) is 75.0 cm³/mol. The van der Waals surface area contributed by atoms with Gasteiger partial charge in [0.1, 0.15) is 0 Å². The zero-order valence-electron chi connectivity index (χ0n) is 11.1. The number of hydrogen-bond acceptors (Lipinski definition) is 2. The SMILES string of the molecule is COC(=O)c1ccc2cc(-c3ccc(F)c(F)c3)[nH]c2c1. The maximum atomic E-state index is 13.3. The van der Waals surface area contributed by atoms with Gasteiger partial charge < -0.3 is 9.72 Å². The Bertz CT molecular complexity index is 839. The maximum absolute atomic E-state index is 13.3. The molecule has 3 rings (SSSR count). The summed E-state index contributed by atoms with van der Waals surface area (Å²) in [5, 5.41) is 0.863. The molecule has 106 valence electrons. The van der Waals surface area contributed by atoms with E-state index in [9.17, 15) is 13.6 Å². The molecule has 0 radical (unpaired) electrons. The molecule has 0 saturated heterocycles. The largest absolute Gasteiger partial charge is 0.465 e. The minimum absolute atomic E-state index is 0.420. The number of carbonyl (C=O) groups excluding carboxylic acids is 1. The highest BCUT2D eigenvalue weighted by atomic mass is 19.2. The number of hydrogen-bond donors (Lipinski definition) is 1. The molecule has 1 N–H and O–H groups in total. The van der Waals surface area contributed by atoms with Crippen LogP contribution < -0.4 is 0 Å². The number of H-pyrrole nitrogens is 1. The molecule has 0 amide bonds. The summed E-state index contributed by atoms with van der Waals surface area (Å²) >= 11 is 0. The third-order valence-electron chi connectivity index (χ3n) is 3.27. The van der Waals surface area contributed by atoms with Crippen LogP contribution in [0.5, 0.6) is 0 Å². The summed E-state index contributed by atoms with van der Waals surface area (Å²) in [6.45, 7) is 0. The summed E-state index contributed by atoms with van der Waals surface area (Å²) in [6.07, 6.45) is 0. The van der Waals surface area contributed by atoms with Gasteiger partial charge in [0.25, 0.3) is 0 Å². The fourth-order valence-electron chi connectivity index (χ4n) is 2.19. The number of aromatic amines is 1. The fourth-order valence-corrected chi connectivity index (χ4v) is 2.19. The Balaban J connectivity index is 2.08. The summed E-state index contributed by atoms with van der Waals surface area (Å²) in [4.78, 5) is 14.6. The van der Waals surface area contributed by atoms with Crippen LogP contribution in [0.2, 0.25) is 0 Å². The first-order valence-electron chi connectivity index (χ1n) is 6.25. The average Bonchev–Trinajstić information content (AvgIpc) is 2.92. The van der Waals surface area contributed by atoms with Crippen LogP contribution in [0, 0.1) is 11.6 Å². The lowest BCUT2D eigenvalue weighted by atomic mass is 10.1. The number of benzene rings is 2. The molecule has 1 aromatic heterocycles. The van der Waals surface area contributed by atoms with Gasteiger partial charge in [0, 0.05) is 22.2 Å². The van der Waals surface area contributed by atoms with Gasteiger partial charge in [0.15, 0.2) is 11.6 Å². The molecule has 0 fully saturated rings. The van der Waals surface area contributed by atoms with Crippen LogP contribution in [0.1, 0.15) is 10.4 Å². The molecule has 21 heavy (non-hydrogen) atoms. The van der Waals surface area contributed by atoms with Gasteiger partial charge in [0.05, 0.1) is 12.7 Å². The lowest BCUT2D eigenvalue weighted by Gasteiger charge is -1.99. The number of methoxy groups -OCH3 is 1. The summed E-state index contributed by atoms with van der Waals surface area (Å²) < 4.78 is 30.9. The third-order valence-corrected chi connectivity index (χ3v) is 3.27. The van der Waals surface area contributed by atoms with E-state index in [2.05, 4.69) is 9.72 Å². The van der Waals surface area contributed by atoms with E-state index in [-0.39, 0.29) is 0 Å². The van der Waals surface area contributed by atoms with Crippen LogP contribution in [0.15, 0.2) is 42.5 Å². The molecule has 3 aromatic rings. The van der Waals surface area contributed by atoms with Gasteiger partial charge >= 0.3 is 5.97 Å². The van der Waals surface area contributed by atoms with E-state index in [1.165, 1.54) is 13.2 Å². The van der Waals surface area contributed by atoms with E-state index in [0.29, 0.717) is 16.8 Å². The monoisotopic (exact) mass is 287 g/mol. The first-order chi connectivity index (χ1) is 10.1. The van der Waals surface area contributed by atoms with Crippen molar-refractivity contribution in [3.8, 4) is 11.3 Å². The smallest absolute Gasteiger partial charge is 0.337 e. The van der Waals surface area contributed by atoms with Crippen LogP contribution in [0.25, 0.3) is 22.2 Å². The summed E-state index contributed by atoms with van der Waals surface area (Å²) in [7, 11) is 1.31. The van der Waals surface area contributed by atoms with Crippen molar-refractivity contribution in [2.45, 2.75) is 0 Å². The predicted octanol–water partition coefficient (Wildman–Crippen LogP) is 3.90. The Morgan fingerprint density at radius 2 is 1.86 bits per heavy atom. The van der Waals surface area contributed by atoms with Crippen LogP contribution >= 0.6 is 0 Å². The second-order valence-corrected chi connectivity index (χ2v) is 4.61. The summed E-state index contributed by atoms with van der Waals surface area (Å²) in [5.41, 5.74) is 2.32. The minimum atomic E-state index is -0.901. The molecular formula is C16H11F2NO2. The molecule has 0 atom stereocenters. The number of halogens is 2. The number of carbonyl (C=O) groups is 1. The number of nitrogens with one attached hydrogen (secondary N) is 1. The van der Waals surface area contributed by atoms with Crippen molar-refractivity contribution in [3.63, 3.8) is 0 Å². The first-order valence-corrected chi connectivity index (χ1v) is 6.25. The van der Waals surface area contributed by atoms with Crippen molar-refractivity contribution < 1.29 is 18.3 Å².